The number of amides is 2. The Bertz CT molecular complexity index is 1050. The minimum absolute atomic E-state index is 0.114. The SMILES string of the molecule is C#Cc1cccc(N(CC(=O)NC)C(=O)c2ccc(-n3cc(Br)cn3)cc2)c1. The number of anilines is 1. The van der Waals surface area contributed by atoms with Gasteiger partial charge in [0.25, 0.3) is 5.91 Å². The highest BCUT2D eigenvalue weighted by molar-refractivity contribution is 9.10. The molecule has 0 aliphatic heterocycles. The van der Waals surface area contributed by atoms with Gasteiger partial charge in [-0.3, -0.25) is 14.5 Å². The lowest BCUT2D eigenvalue weighted by Gasteiger charge is -2.22. The van der Waals surface area contributed by atoms with Crippen LogP contribution in [0.2, 0.25) is 0 Å². The number of aromatic nitrogens is 2. The average molecular weight is 437 g/mol. The molecule has 0 bridgehead atoms. The van der Waals surface area contributed by atoms with E-state index in [0.717, 1.165) is 10.2 Å². The first-order valence-electron chi connectivity index (χ1n) is 8.41. The molecule has 0 aliphatic carbocycles. The second kappa shape index (κ2) is 8.55. The summed E-state index contributed by atoms with van der Waals surface area (Å²) >= 11 is 3.36. The van der Waals surface area contributed by atoms with E-state index in [2.05, 4.69) is 32.3 Å². The van der Waals surface area contributed by atoms with Gasteiger partial charge in [-0.2, -0.15) is 5.10 Å². The van der Waals surface area contributed by atoms with E-state index in [1.165, 1.54) is 11.9 Å². The lowest BCUT2D eigenvalue weighted by atomic mass is 10.1. The van der Waals surface area contributed by atoms with Crippen LogP contribution in [-0.2, 0) is 4.79 Å². The van der Waals surface area contributed by atoms with E-state index in [1.54, 1.807) is 59.4 Å². The number of hydrogen-bond acceptors (Lipinski definition) is 3. The lowest BCUT2D eigenvalue weighted by Crippen LogP contribution is -2.39. The topological polar surface area (TPSA) is 67.2 Å². The molecule has 28 heavy (non-hydrogen) atoms. The van der Waals surface area contributed by atoms with Crippen LogP contribution in [0, 0.1) is 12.3 Å². The van der Waals surface area contributed by atoms with Crippen LogP contribution in [0.5, 0.6) is 0 Å². The minimum Gasteiger partial charge on any atom is -0.358 e. The van der Waals surface area contributed by atoms with Crippen molar-refractivity contribution in [3.8, 4) is 18.0 Å². The summed E-state index contributed by atoms with van der Waals surface area (Å²) in [7, 11) is 1.53. The van der Waals surface area contributed by atoms with Crippen molar-refractivity contribution in [2.45, 2.75) is 0 Å². The van der Waals surface area contributed by atoms with Crippen LogP contribution in [-0.4, -0.2) is 35.2 Å². The largest absolute Gasteiger partial charge is 0.358 e. The zero-order chi connectivity index (χ0) is 20.1. The van der Waals surface area contributed by atoms with Gasteiger partial charge < -0.3 is 5.32 Å². The highest BCUT2D eigenvalue weighted by Gasteiger charge is 2.20. The van der Waals surface area contributed by atoms with Crippen molar-refractivity contribution < 1.29 is 9.59 Å². The Morgan fingerprint density at radius 3 is 2.61 bits per heavy atom. The third-order valence-electron chi connectivity index (χ3n) is 4.08. The Balaban J connectivity index is 1.92. The second-order valence-corrected chi connectivity index (χ2v) is 6.82. The predicted octanol–water partition coefficient (Wildman–Crippen LogP) is 3.01. The third kappa shape index (κ3) is 4.30. The minimum atomic E-state index is -0.300. The van der Waals surface area contributed by atoms with E-state index in [-0.39, 0.29) is 18.4 Å². The van der Waals surface area contributed by atoms with Crippen LogP contribution in [0.1, 0.15) is 15.9 Å². The van der Waals surface area contributed by atoms with Crippen LogP contribution in [0.15, 0.2) is 65.4 Å². The number of terminal acetylenes is 1. The maximum Gasteiger partial charge on any atom is 0.258 e. The van der Waals surface area contributed by atoms with Crippen molar-refractivity contribution in [3.63, 3.8) is 0 Å². The van der Waals surface area contributed by atoms with Gasteiger partial charge in [0.05, 0.1) is 16.4 Å². The van der Waals surface area contributed by atoms with Gasteiger partial charge in [-0.15, -0.1) is 6.42 Å². The fourth-order valence-electron chi connectivity index (χ4n) is 2.62. The van der Waals surface area contributed by atoms with Crippen molar-refractivity contribution in [2.24, 2.45) is 0 Å². The Kier molecular flexibility index (Phi) is 5.92. The van der Waals surface area contributed by atoms with Gasteiger partial charge in [0.2, 0.25) is 5.91 Å². The van der Waals surface area contributed by atoms with Crippen molar-refractivity contribution in [1.82, 2.24) is 15.1 Å². The molecule has 0 spiro atoms. The van der Waals surface area contributed by atoms with E-state index in [1.807, 2.05) is 6.20 Å². The highest BCUT2D eigenvalue weighted by Crippen LogP contribution is 2.20. The molecule has 2 aromatic carbocycles. The molecule has 1 heterocycles. The van der Waals surface area contributed by atoms with Crippen LogP contribution >= 0.6 is 15.9 Å². The van der Waals surface area contributed by atoms with Crippen LogP contribution < -0.4 is 10.2 Å². The Hall–Kier alpha value is -3.37. The van der Waals surface area contributed by atoms with E-state index >= 15 is 0 Å². The molecule has 2 amide bonds. The van der Waals surface area contributed by atoms with E-state index < -0.39 is 0 Å². The lowest BCUT2D eigenvalue weighted by molar-refractivity contribution is -0.119. The number of hydrogen-bond donors (Lipinski definition) is 1. The molecule has 7 heteroatoms. The fourth-order valence-corrected chi connectivity index (χ4v) is 2.91. The average Bonchev–Trinajstić information content (AvgIpc) is 3.17. The summed E-state index contributed by atoms with van der Waals surface area (Å²) in [6.45, 7) is -0.114. The second-order valence-electron chi connectivity index (χ2n) is 5.91. The molecule has 6 nitrogen and oxygen atoms in total. The summed E-state index contributed by atoms with van der Waals surface area (Å²) in [4.78, 5) is 26.5. The first-order chi connectivity index (χ1) is 13.5. The zero-order valence-corrected chi connectivity index (χ0v) is 16.7. The molecule has 3 rings (SSSR count). The van der Waals surface area contributed by atoms with Gasteiger partial charge in [0.15, 0.2) is 0 Å². The number of carbonyl (C=O) groups is 2. The van der Waals surface area contributed by atoms with Crippen LogP contribution in [0.3, 0.4) is 0 Å². The highest BCUT2D eigenvalue weighted by atomic mass is 79.9. The molecule has 0 fully saturated rings. The number of nitrogens with one attached hydrogen (secondary N) is 1. The molecule has 0 radical (unpaired) electrons. The molecular formula is C21H17BrN4O2. The molecule has 1 N–H and O–H groups in total. The van der Waals surface area contributed by atoms with E-state index in [0.29, 0.717) is 16.8 Å². The van der Waals surface area contributed by atoms with Crippen molar-refractivity contribution in [1.29, 1.82) is 0 Å². The van der Waals surface area contributed by atoms with Gasteiger partial charge in [0.1, 0.15) is 6.54 Å². The quantitative estimate of drug-likeness (QED) is 0.625. The fraction of sp³-hybridized carbons (Fsp3) is 0.0952. The van der Waals surface area contributed by atoms with Crippen LogP contribution in [0.4, 0.5) is 5.69 Å². The zero-order valence-electron chi connectivity index (χ0n) is 15.1. The van der Waals surface area contributed by atoms with Crippen molar-refractivity contribution in [2.75, 3.05) is 18.5 Å². The van der Waals surface area contributed by atoms with E-state index in [4.69, 9.17) is 6.42 Å². The molecule has 0 aliphatic rings. The normalized spacial score (nSPS) is 10.2. The van der Waals surface area contributed by atoms with E-state index in [9.17, 15) is 9.59 Å². The molecule has 0 atom stereocenters. The Morgan fingerprint density at radius 1 is 1.25 bits per heavy atom. The first kappa shape index (κ1) is 19.4. The summed E-state index contributed by atoms with van der Waals surface area (Å²) in [5, 5.41) is 6.76. The summed E-state index contributed by atoms with van der Waals surface area (Å²) in [5.41, 5.74) is 2.45. The molecule has 0 saturated carbocycles. The number of likely N-dealkylation sites (N-methyl/N-ethyl adjacent to an activating group) is 1. The monoisotopic (exact) mass is 436 g/mol. The predicted molar refractivity (Wildman–Crippen MR) is 111 cm³/mol. The number of halogens is 1. The van der Waals surface area contributed by atoms with Gasteiger partial charge in [-0.05, 0) is 58.4 Å². The van der Waals surface area contributed by atoms with Gasteiger partial charge in [-0.1, -0.05) is 12.0 Å². The Morgan fingerprint density at radius 2 is 2.00 bits per heavy atom. The summed E-state index contributed by atoms with van der Waals surface area (Å²) in [6, 6.07) is 14.0. The van der Waals surface area contributed by atoms with Gasteiger partial charge >= 0.3 is 0 Å². The molecular weight excluding hydrogens is 420 g/mol. The molecule has 0 unspecified atom stereocenters. The van der Waals surface area contributed by atoms with Crippen molar-refractivity contribution in [3.05, 3.63) is 76.5 Å². The van der Waals surface area contributed by atoms with Crippen molar-refractivity contribution >= 4 is 33.4 Å². The third-order valence-corrected chi connectivity index (χ3v) is 4.49. The smallest absolute Gasteiger partial charge is 0.258 e. The summed E-state index contributed by atoms with van der Waals surface area (Å²) in [6.07, 6.45) is 8.97. The molecule has 0 saturated heterocycles. The van der Waals surface area contributed by atoms with Gasteiger partial charge in [0, 0.05) is 30.1 Å². The van der Waals surface area contributed by atoms with Crippen LogP contribution in [0.25, 0.3) is 5.69 Å². The number of carbonyl (C=O) groups excluding carboxylic acids is 2. The maximum atomic E-state index is 13.1. The number of rotatable bonds is 5. The number of nitrogens with zero attached hydrogens (tertiary/aromatic N) is 3. The Labute approximate surface area is 171 Å². The standard InChI is InChI=1S/C21H17BrN4O2/c1-3-15-5-4-6-19(11-15)25(14-20(27)23-2)21(28)16-7-9-18(10-8-16)26-13-17(22)12-24-26/h1,4-13H,14H2,2H3,(H,23,27). The molecule has 3 aromatic rings. The number of benzene rings is 2. The molecule has 140 valence electrons. The summed E-state index contributed by atoms with van der Waals surface area (Å²) < 4.78 is 2.55. The first-order valence-corrected chi connectivity index (χ1v) is 9.21. The maximum absolute atomic E-state index is 13.1. The molecule has 1 aromatic heterocycles. The summed E-state index contributed by atoms with van der Waals surface area (Å²) in [5.74, 6) is 1.96. The van der Waals surface area contributed by atoms with Gasteiger partial charge in [-0.25, -0.2) is 4.68 Å².